The molecule has 0 fully saturated rings. The monoisotopic (exact) mass is 832 g/mol. The number of carbonyl (C=O) groups excluding carboxylic acids is 2. The van der Waals surface area contributed by atoms with E-state index in [1.165, 1.54) is 32.1 Å². The number of allylic oxidation sites excluding steroid dienone is 14. The smallest absolute Gasteiger partial charge is 0.462 e. The molecule has 0 aliphatic rings. The molecule has 0 saturated carbocycles. The molecule has 58 heavy (non-hydrogen) atoms. The molecule has 0 rings (SSSR count). The summed E-state index contributed by atoms with van der Waals surface area (Å²) in [5.41, 5.74) is 5.35. The minimum Gasteiger partial charge on any atom is -0.462 e. The predicted molar refractivity (Wildman–Crippen MR) is 242 cm³/mol. The maximum Gasteiger partial charge on any atom is 0.472 e. The van der Waals surface area contributed by atoms with Crippen LogP contribution in [0.1, 0.15) is 174 Å². The van der Waals surface area contributed by atoms with Gasteiger partial charge >= 0.3 is 19.8 Å². The Bertz CT molecular complexity index is 1220. The summed E-state index contributed by atoms with van der Waals surface area (Å²) < 4.78 is 32.8. The Kier molecular flexibility index (Phi) is 41.6. The lowest BCUT2D eigenvalue weighted by molar-refractivity contribution is -0.161. The summed E-state index contributed by atoms with van der Waals surface area (Å²) in [7, 11) is -4.39. The lowest BCUT2D eigenvalue weighted by atomic mass is 10.1. The first kappa shape index (κ1) is 55.2. The van der Waals surface area contributed by atoms with Crippen molar-refractivity contribution in [2.45, 2.75) is 180 Å². The third kappa shape index (κ3) is 42.8. The maximum absolute atomic E-state index is 12.6. The van der Waals surface area contributed by atoms with Crippen molar-refractivity contribution >= 4 is 19.8 Å². The van der Waals surface area contributed by atoms with Gasteiger partial charge in [0.2, 0.25) is 0 Å². The maximum atomic E-state index is 12.6. The van der Waals surface area contributed by atoms with E-state index in [2.05, 4.69) is 98.9 Å². The number of hydrogen-bond acceptors (Lipinski definition) is 8. The number of hydrogen-bond donors (Lipinski definition) is 2. The first-order chi connectivity index (χ1) is 28.3. The van der Waals surface area contributed by atoms with E-state index in [0.29, 0.717) is 12.8 Å². The topological polar surface area (TPSA) is 134 Å². The third-order valence-electron chi connectivity index (χ3n) is 9.02. The zero-order chi connectivity index (χ0) is 42.5. The number of nitrogens with two attached hydrogens (primary N) is 1. The number of rotatable bonds is 41. The SMILES string of the molecule is CC/C=C\C/C=C\C/C=C\C/C=C\C/C=C\CCCCCCCC(=O)OC(COC(=O)CCCCCCC/C=C\C/C=C\CCCCCC)COP(=O)(O)OCCN. The summed E-state index contributed by atoms with van der Waals surface area (Å²) in [4.78, 5) is 34.9. The van der Waals surface area contributed by atoms with Gasteiger partial charge in [-0.2, -0.15) is 0 Å². The Hall–Kier alpha value is -2.81. The molecule has 0 heterocycles. The van der Waals surface area contributed by atoms with E-state index in [1.807, 2.05) is 0 Å². The van der Waals surface area contributed by atoms with Crippen molar-refractivity contribution < 1.29 is 37.6 Å². The molecule has 0 aromatic carbocycles. The van der Waals surface area contributed by atoms with E-state index in [4.69, 9.17) is 24.3 Å². The van der Waals surface area contributed by atoms with Gasteiger partial charge in [-0.1, -0.05) is 157 Å². The molecular formula is C48H82NO8P. The number of phosphoric acid groups is 1. The van der Waals surface area contributed by atoms with Gasteiger partial charge in [0.15, 0.2) is 6.10 Å². The minimum atomic E-state index is -4.39. The Labute approximate surface area is 354 Å². The van der Waals surface area contributed by atoms with Crippen LogP contribution in [0.15, 0.2) is 85.1 Å². The Balaban J connectivity index is 4.22. The summed E-state index contributed by atoms with van der Waals surface area (Å²) in [6.07, 6.45) is 54.6. The first-order valence-corrected chi connectivity index (χ1v) is 24.1. The summed E-state index contributed by atoms with van der Waals surface area (Å²) in [6.45, 7) is 3.55. The van der Waals surface area contributed by atoms with Crippen LogP contribution in [-0.2, 0) is 32.7 Å². The highest BCUT2D eigenvalue weighted by atomic mass is 31.2. The molecule has 2 atom stereocenters. The standard InChI is InChI=1S/C48H82NO8P/c1-3-5-7-9-11-13-15-17-19-21-22-23-24-25-27-29-31-33-35-37-39-41-48(51)57-46(45-56-58(52,53)55-43-42-49)44-54-47(50)40-38-36-34-32-30-28-26-20-18-16-14-12-10-8-6-4-2/h5,7,11,13-14,16-17,19-20,22-23,25-27,46H,3-4,6,8-10,12,15,18,21,24,28-45,49H2,1-2H3,(H,52,53)/b7-5-,13-11-,16-14-,19-17-,23-22-,26-20-,27-25-. The molecule has 0 aromatic rings. The van der Waals surface area contributed by atoms with Crippen molar-refractivity contribution in [3.05, 3.63) is 85.1 Å². The molecule has 0 spiro atoms. The van der Waals surface area contributed by atoms with E-state index >= 15 is 0 Å². The molecule has 2 unspecified atom stereocenters. The van der Waals surface area contributed by atoms with Crippen LogP contribution in [0.5, 0.6) is 0 Å². The van der Waals surface area contributed by atoms with E-state index in [9.17, 15) is 19.0 Å². The van der Waals surface area contributed by atoms with Gasteiger partial charge < -0.3 is 20.1 Å². The molecule has 0 aliphatic carbocycles. The second kappa shape index (κ2) is 43.8. The molecule has 0 bridgehead atoms. The van der Waals surface area contributed by atoms with Crippen LogP contribution in [0, 0.1) is 0 Å². The zero-order valence-electron chi connectivity index (χ0n) is 36.5. The highest BCUT2D eigenvalue weighted by Crippen LogP contribution is 2.43. The zero-order valence-corrected chi connectivity index (χ0v) is 37.4. The quantitative estimate of drug-likeness (QED) is 0.0267. The molecule has 3 N–H and O–H groups in total. The third-order valence-corrected chi connectivity index (χ3v) is 10.00. The molecule has 0 amide bonds. The van der Waals surface area contributed by atoms with Crippen LogP contribution in [0.25, 0.3) is 0 Å². The van der Waals surface area contributed by atoms with Crippen LogP contribution in [0.3, 0.4) is 0 Å². The molecule has 0 aliphatic heterocycles. The largest absolute Gasteiger partial charge is 0.472 e. The van der Waals surface area contributed by atoms with Crippen molar-refractivity contribution in [2.75, 3.05) is 26.4 Å². The molecule has 10 heteroatoms. The van der Waals surface area contributed by atoms with Gasteiger partial charge in [-0.25, -0.2) is 4.57 Å². The van der Waals surface area contributed by atoms with E-state index < -0.39 is 32.5 Å². The van der Waals surface area contributed by atoms with E-state index in [0.717, 1.165) is 103 Å². The first-order valence-electron chi connectivity index (χ1n) is 22.6. The molecule has 0 saturated heterocycles. The van der Waals surface area contributed by atoms with Gasteiger partial charge in [0, 0.05) is 19.4 Å². The summed E-state index contributed by atoms with van der Waals surface area (Å²) in [5, 5.41) is 0. The second-order valence-corrected chi connectivity index (χ2v) is 16.0. The number of esters is 2. The van der Waals surface area contributed by atoms with Gasteiger partial charge in [-0.15, -0.1) is 0 Å². The van der Waals surface area contributed by atoms with Crippen LogP contribution in [0.4, 0.5) is 0 Å². The fourth-order valence-electron chi connectivity index (χ4n) is 5.69. The molecular weight excluding hydrogens is 750 g/mol. The van der Waals surface area contributed by atoms with Gasteiger partial charge in [-0.3, -0.25) is 18.6 Å². The van der Waals surface area contributed by atoms with E-state index in [1.54, 1.807) is 0 Å². The number of phosphoric ester groups is 1. The van der Waals surface area contributed by atoms with Gasteiger partial charge in [0.1, 0.15) is 6.61 Å². The normalized spacial score (nSPS) is 14.1. The Morgan fingerprint density at radius 2 is 0.948 bits per heavy atom. The summed E-state index contributed by atoms with van der Waals surface area (Å²) in [6, 6.07) is 0. The molecule has 332 valence electrons. The Morgan fingerprint density at radius 1 is 0.534 bits per heavy atom. The van der Waals surface area contributed by atoms with Crippen molar-refractivity contribution in [1.29, 1.82) is 0 Å². The highest BCUT2D eigenvalue weighted by Gasteiger charge is 2.26. The second-order valence-electron chi connectivity index (χ2n) is 14.5. The predicted octanol–water partition coefficient (Wildman–Crippen LogP) is 13.2. The van der Waals surface area contributed by atoms with Gasteiger partial charge in [0.05, 0.1) is 13.2 Å². The minimum absolute atomic E-state index is 0.0432. The van der Waals surface area contributed by atoms with Crippen LogP contribution in [0.2, 0.25) is 0 Å². The van der Waals surface area contributed by atoms with Crippen molar-refractivity contribution in [2.24, 2.45) is 5.73 Å². The van der Waals surface area contributed by atoms with Gasteiger partial charge in [-0.05, 0) is 89.9 Å². The summed E-state index contributed by atoms with van der Waals surface area (Å²) in [5.74, 6) is -0.873. The highest BCUT2D eigenvalue weighted by molar-refractivity contribution is 7.47. The Morgan fingerprint density at radius 3 is 1.41 bits per heavy atom. The average Bonchev–Trinajstić information content (AvgIpc) is 3.21. The lowest BCUT2D eigenvalue weighted by Gasteiger charge is -2.19. The van der Waals surface area contributed by atoms with Crippen molar-refractivity contribution in [3.63, 3.8) is 0 Å². The fraction of sp³-hybridized carbons (Fsp3) is 0.667. The molecule has 0 radical (unpaired) electrons. The molecule has 0 aromatic heterocycles. The number of unbranched alkanes of at least 4 members (excludes halogenated alkanes) is 14. The van der Waals surface area contributed by atoms with Gasteiger partial charge in [0.25, 0.3) is 0 Å². The van der Waals surface area contributed by atoms with Crippen LogP contribution < -0.4 is 5.73 Å². The van der Waals surface area contributed by atoms with Crippen LogP contribution >= 0.6 is 7.82 Å². The molecule has 9 nitrogen and oxygen atoms in total. The van der Waals surface area contributed by atoms with E-state index in [-0.39, 0.29) is 32.6 Å². The van der Waals surface area contributed by atoms with Crippen molar-refractivity contribution in [1.82, 2.24) is 0 Å². The number of ether oxygens (including phenoxy) is 2. The van der Waals surface area contributed by atoms with Crippen molar-refractivity contribution in [3.8, 4) is 0 Å². The fourth-order valence-corrected chi connectivity index (χ4v) is 6.45. The summed E-state index contributed by atoms with van der Waals surface area (Å²) >= 11 is 0. The number of carbonyl (C=O) groups is 2. The average molecular weight is 832 g/mol. The van der Waals surface area contributed by atoms with Crippen LogP contribution in [-0.4, -0.2) is 49.3 Å². The lowest BCUT2D eigenvalue weighted by Crippen LogP contribution is -2.29.